The summed E-state index contributed by atoms with van der Waals surface area (Å²) < 4.78 is 41.4. The van der Waals surface area contributed by atoms with Gasteiger partial charge in [0.15, 0.2) is 0 Å². The van der Waals surface area contributed by atoms with Crippen molar-refractivity contribution in [2.75, 3.05) is 24.6 Å². The van der Waals surface area contributed by atoms with E-state index in [1.54, 1.807) is 25.1 Å². The summed E-state index contributed by atoms with van der Waals surface area (Å²) in [6, 6.07) is 11.4. The van der Waals surface area contributed by atoms with Crippen molar-refractivity contribution in [2.24, 2.45) is 17.8 Å². The van der Waals surface area contributed by atoms with Crippen LogP contribution in [0.1, 0.15) is 84.5 Å². The number of aryl methyl sites for hydroxylation is 2. The smallest absolute Gasteiger partial charge is 0.264 e. The number of nitrogens with zero attached hydrogens (tertiary/aromatic N) is 2. The number of amides is 1. The second-order valence-corrected chi connectivity index (χ2v) is 17.5. The molecule has 2 aliphatic heterocycles. The molecule has 0 saturated heterocycles. The lowest BCUT2D eigenvalue weighted by atomic mass is 9.62. The van der Waals surface area contributed by atoms with Crippen molar-refractivity contribution in [1.82, 2.24) is 9.88 Å². The minimum Gasteiger partial charge on any atom is -0.490 e. The fourth-order valence-electron chi connectivity index (χ4n) is 8.46. The number of nitrogens with one attached hydrogen (secondary N) is 1. The van der Waals surface area contributed by atoms with E-state index >= 15 is 0 Å². The molecule has 1 aromatic heterocycles. The minimum absolute atomic E-state index is 0.0722. The van der Waals surface area contributed by atoms with Crippen molar-refractivity contribution in [2.45, 2.75) is 88.9 Å². The monoisotopic (exact) mass is 707 g/mol. The zero-order valence-corrected chi connectivity index (χ0v) is 30.2. The Morgan fingerprint density at radius 3 is 2.69 bits per heavy atom. The molecular formula is C38H46ClN3O6S. The highest BCUT2D eigenvalue weighted by Crippen LogP contribution is 2.49. The topological polar surface area (TPSA) is 122 Å². The van der Waals surface area contributed by atoms with E-state index in [9.17, 15) is 18.3 Å². The lowest BCUT2D eigenvalue weighted by molar-refractivity contribution is -0.0457. The van der Waals surface area contributed by atoms with E-state index in [-0.39, 0.29) is 28.7 Å². The van der Waals surface area contributed by atoms with Crippen LogP contribution in [0.3, 0.4) is 0 Å². The number of ether oxygens (including phenoxy) is 1. The molecule has 1 amide bonds. The van der Waals surface area contributed by atoms with Gasteiger partial charge in [0, 0.05) is 41.1 Å². The minimum atomic E-state index is -4.00. The predicted octanol–water partition coefficient (Wildman–Crippen LogP) is 6.46. The molecule has 49 heavy (non-hydrogen) atoms. The van der Waals surface area contributed by atoms with Crippen LogP contribution < -0.4 is 14.4 Å². The van der Waals surface area contributed by atoms with Gasteiger partial charge in [0.2, 0.25) is 10.0 Å². The van der Waals surface area contributed by atoms with E-state index in [1.165, 1.54) is 11.1 Å². The summed E-state index contributed by atoms with van der Waals surface area (Å²) in [6.07, 6.45) is 9.15. The van der Waals surface area contributed by atoms with Crippen LogP contribution in [-0.4, -0.2) is 55.1 Å². The van der Waals surface area contributed by atoms with Crippen LogP contribution in [0.2, 0.25) is 5.02 Å². The zero-order valence-electron chi connectivity index (χ0n) is 28.7. The van der Waals surface area contributed by atoms with E-state index < -0.39 is 26.8 Å². The van der Waals surface area contributed by atoms with E-state index in [1.807, 2.05) is 39.0 Å². The number of halogens is 1. The summed E-state index contributed by atoms with van der Waals surface area (Å²) in [7, 11) is -4.00. The van der Waals surface area contributed by atoms with Crippen LogP contribution in [-0.2, 0) is 28.3 Å². The Bertz CT molecular complexity index is 1910. The lowest BCUT2D eigenvalue weighted by Gasteiger charge is -2.49. The molecule has 3 heterocycles. The molecule has 1 spiro atoms. The Morgan fingerprint density at radius 2 is 1.96 bits per heavy atom. The van der Waals surface area contributed by atoms with Gasteiger partial charge >= 0.3 is 0 Å². The molecule has 0 radical (unpaired) electrons. The van der Waals surface area contributed by atoms with Crippen molar-refractivity contribution in [1.29, 1.82) is 0 Å². The highest BCUT2D eigenvalue weighted by atomic mass is 35.5. The van der Waals surface area contributed by atoms with E-state index in [4.69, 9.17) is 20.9 Å². The fraction of sp³-hybridized carbons (Fsp3) is 0.526. The standard InChI is InChI=1S/C38H46ClN3O6S/c1-23-7-5-16-38(44,19-33-24(2)25(3)48-40-33)32-12-9-29(32)20-42-21-37(15-6-8-27-17-30(39)11-13-31(27)37)22-47-35-14-10-28(18-34(35)42)36(43)41-49(45,46)26(23)4/h5,10-11,13-14,16-18,23,26,29,32,44H,6-9,12,15,19-22H2,1-4H3,(H,41,43)/b16-5-/t23-,26+,29-,32+,37-,38-/m0/s1. The van der Waals surface area contributed by atoms with Gasteiger partial charge in [0.25, 0.3) is 5.91 Å². The zero-order chi connectivity index (χ0) is 34.7. The molecular weight excluding hydrogens is 662 g/mol. The molecule has 9 nitrogen and oxygen atoms in total. The first-order valence-electron chi connectivity index (χ1n) is 17.5. The third-order valence-corrected chi connectivity index (χ3v) is 14.1. The van der Waals surface area contributed by atoms with E-state index in [0.29, 0.717) is 38.3 Å². The predicted molar refractivity (Wildman–Crippen MR) is 190 cm³/mol. The van der Waals surface area contributed by atoms with Gasteiger partial charge in [-0.3, -0.25) is 4.79 Å². The van der Waals surface area contributed by atoms with Gasteiger partial charge in [-0.25, -0.2) is 13.1 Å². The van der Waals surface area contributed by atoms with E-state index in [2.05, 4.69) is 26.9 Å². The van der Waals surface area contributed by atoms with Crippen LogP contribution in [0.5, 0.6) is 5.75 Å². The van der Waals surface area contributed by atoms with Crippen molar-refractivity contribution in [3.05, 3.63) is 87.3 Å². The molecule has 0 unspecified atom stereocenters. The molecule has 6 atom stereocenters. The Hall–Kier alpha value is -3.34. The molecule has 7 rings (SSSR count). The van der Waals surface area contributed by atoms with Gasteiger partial charge in [-0.1, -0.05) is 41.9 Å². The Balaban J connectivity index is 1.33. The maximum Gasteiger partial charge on any atom is 0.264 e. The van der Waals surface area contributed by atoms with Crippen LogP contribution in [0, 0.1) is 31.6 Å². The molecule has 2 N–H and O–H groups in total. The van der Waals surface area contributed by atoms with Crippen LogP contribution in [0.15, 0.2) is 53.1 Å². The number of hydrogen-bond acceptors (Lipinski definition) is 8. The van der Waals surface area contributed by atoms with Crippen molar-refractivity contribution in [3.63, 3.8) is 0 Å². The molecule has 2 aromatic carbocycles. The van der Waals surface area contributed by atoms with Crippen molar-refractivity contribution >= 4 is 33.2 Å². The first kappa shape index (κ1) is 34.1. The molecule has 2 bridgehead atoms. The molecule has 2 aliphatic carbocycles. The number of sulfonamides is 1. The number of aliphatic hydroxyl groups is 1. The third kappa shape index (κ3) is 6.29. The number of benzene rings is 2. The molecule has 11 heteroatoms. The summed E-state index contributed by atoms with van der Waals surface area (Å²) in [5.41, 5.74) is 3.59. The van der Waals surface area contributed by atoms with E-state index in [0.717, 1.165) is 59.8 Å². The Morgan fingerprint density at radius 1 is 1.14 bits per heavy atom. The quantitative estimate of drug-likeness (QED) is 0.291. The van der Waals surface area contributed by atoms with Gasteiger partial charge in [-0.2, -0.15) is 0 Å². The summed E-state index contributed by atoms with van der Waals surface area (Å²) >= 11 is 6.45. The summed E-state index contributed by atoms with van der Waals surface area (Å²) in [5.74, 6) is 0.480. The maximum absolute atomic E-state index is 13.5. The first-order valence-corrected chi connectivity index (χ1v) is 19.4. The molecule has 3 aromatic rings. The highest BCUT2D eigenvalue weighted by molar-refractivity contribution is 7.90. The van der Waals surface area contributed by atoms with Crippen molar-refractivity contribution in [3.8, 4) is 5.75 Å². The molecule has 1 saturated carbocycles. The number of hydrogen-bond donors (Lipinski definition) is 2. The first-order chi connectivity index (χ1) is 23.3. The molecule has 4 aliphatic rings. The van der Waals surface area contributed by atoms with Gasteiger partial charge in [-0.15, -0.1) is 0 Å². The summed E-state index contributed by atoms with van der Waals surface area (Å²) in [6.45, 7) is 9.05. The third-order valence-electron chi connectivity index (χ3n) is 12.0. The second kappa shape index (κ2) is 12.8. The number of anilines is 1. The lowest BCUT2D eigenvalue weighted by Crippen LogP contribution is -2.53. The average Bonchev–Trinajstić information content (AvgIpc) is 3.26. The van der Waals surface area contributed by atoms with Crippen molar-refractivity contribution < 1.29 is 27.6 Å². The summed E-state index contributed by atoms with van der Waals surface area (Å²) in [5, 5.41) is 16.8. The second-order valence-electron chi connectivity index (χ2n) is 15.0. The van der Waals surface area contributed by atoms with Crippen LogP contribution in [0.25, 0.3) is 0 Å². The fourth-order valence-corrected chi connectivity index (χ4v) is 9.94. The van der Waals surface area contributed by atoms with Gasteiger partial charge in [0.1, 0.15) is 11.5 Å². The van der Waals surface area contributed by atoms with Crippen LogP contribution >= 0.6 is 11.6 Å². The van der Waals surface area contributed by atoms with Crippen LogP contribution in [0.4, 0.5) is 5.69 Å². The SMILES string of the molecule is Cc1onc(C[C@@]2(O)/C=C\C[C@H](C)[C@@H](C)S(=O)(=O)NC(=O)c3ccc4c(c3)N(C[C@@H]3CC[C@H]32)C[C@@]2(CCCc3cc(Cl)ccc32)CO4)c1C. The van der Waals surface area contributed by atoms with Gasteiger partial charge < -0.3 is 19.3 Å². The molecule has 1 fully saturated rings. The molecule has 262 valence electrons. The number of carbonyl (C=O) groups excluding carboxylic acids is 1. The average molecular weight is 708 g/mol. The highest BCUT2D eigenvalue weighted by Gasteiger charge is 2.48. The number of fused-ring (bicyclic) bond motifs is 4. The Kier molecular flexibility index (Phi) is 8.89. The number of aromatic nitrogens is 1. The Labute approximate surface area is 294 Å². The largest absolute Gasteiger partial charge is 0.490 e. The summed E-state index contributed by atoms with van der Waals surface area (Å²) in [4.78, 5) is 15.9. The number of rotatable bonds is 2. The maximum atomic E-state index is 13.5. The van der Waals surface area contributed by atoms with Gasteiger partial charge in [-0.05, 0) is 119 Å². The normalized spacial score (nSPS) is 31.8. The number of allylic oxidation sites excluding steroid dienone is 1. The van der Waals surface area contributed by atoms with Gasteiger partial charge in [0.05, 0.1) is 28.8 Å². The number of carbonyl (C=O) groups is 1.